The van der Waals surface area contributed by atoms with Crippen molar-refractivity contribution in [2.24, 2.45) is 5.73 Å². The van der Waals surface area contributed by atoms with Gasteiger partial charge < -0.3 is 21.1 Å². The molecule has 0 fully saturated rings. The molecule has 0 saturated heterocycles. The number of aromatic hydroxyl groups is 2. The lowest BCUT2D eigenvalue weighted by Gasteiger charge is -2.11. The minimum Gasteiger partial charge on any atom is -0.508 e. The Labute approximate surface area is 76.2 Å². The average molecular weight is 183 g/mol. The molecule has 0 bridgehead atoms. The molecule has 4 nitrogen and oxygen atoms in total. The third-order valence-electron chi connectivity index (χ3n) is 1.81. The predicted octanol–water partition coefficient (Wildman–Crippen LogP) is 0.480. The van der Waals surface area contributed by atoms with Crippen LogP contribution in [0.5, 0.6) is 11.5 Å². The molecule has 13 heavy (non-hydrogen) atoms. The first-order chi connectivity index (χ1) is 6.15. The topological polar surface area (TPSA) is 86.7 Å². The van der Waals surface area contributed by atoms with Gasteiger partial charge >= 0.3 is 0 Å². The van der Waals surface area contributed by atoms with E-state index in [1.54, 1.807) is 0 Å². The summed E-state index contributed by atoms with van der Waals surface area (Å²) < 4.78 is 0. The van der Waals surface area contributed by atoms with Crippen molar-refractivity contribution in [2.75, 3.05) is 6.54 Å². The molecule has 0 radical (unpaired) electrons. The number of hydrogen-bond donors (Lipinski definition) is 4. The van der Waals surface area contributed by atoms with Gasteiger partial charge in [0.2, 0.25) is 0 Å². The van der Waals surface area contributed by atoms with Crippen molar-refractivity contribution in [1.82, 2.24) is 0 Å². The minimum atomic E-state index is -0.773. The van der Waals surface area contributed by atoms with E-state index in [2.05, 4.69) is 0 Å². The molecular formula is C9H13NO3. The van der Waals surface area contributed by atoms with E-state index in [-0.39, 0.29) is 11.5 Å². The van der Waals surface area contributed by atoms with Gasteiger partial charge in [0.05, 0.1) is 6.10 Å². The fourth-order valence-corrected chi connectivity index (χ4v) is 1.13. The third kappa shape index (κ3) is 2.34. The van der Waals surface area contributed by atoms with Gasteiger partial charge in [-0.3, -0.25) is 0 Å². The number of nitrogens with two attached hydrogens (primary N) is 1. The Kier molecular flexibility index (Phi) is 3.11. The average Bonchev–Trinajstić information content (AvgIpc) is 2.04. The van der Waals surface area contributed by atoms with Crippen molar-refractivity contribution in [1.29, 1.82) is 0 Å². The van der Waals surface area contributed by atoms with Gasteiger partial charge in [0.1, 0.15) is 11.5 Å². The van der Waals surface area contributed by atoms with E-state index in [1.807, 2.05) is 0 Å². The minimum absolute atomic E-state index is 0.0267. The molecule has 0 spiro atoms. The lowest BCUT2D eigenvalue weighted by atomic mass is 10.1. The zero-order chi connectivity index (χ0) is 9.84. The molecule has 0 heterocycles. The van der Waals surface area contributed by atoms with Crippen molar-refractivity contribution >= 4 is 0 Å². The van der Waals surface area contributed by atoms with E-state index in [9.17, 15) is 10.2 Å². The summed E-state index contributed by atoms with van der Waals surface area (Å²) in [5.74, 6) is -0.137. The molecule has 0 aliphatic heterocycles. The zero-order valence-electron chi connectivity index (χ0n) is 7.14. The summed E-state index contributed by atoms with van der Waals surface area (Å²) in [6.07, 6.45) is -0.385. The Morgan fingerprint density at radius 3 is 2.54 bits per heavy atom. The Morgan fingerprint density at radius 1 is 1.31 bits per heavy atom. The molecule has 1 atom stereocenters. The summed E-state index contributed by atoms with van der Waals surface area (Å²) in [7, 11) is 0. The van der Waals surface area contributed by atoms with Crippen molar-refractivity contribution in [2.45, 2.75) is 12.5 Å². The molecule has 1 rings (SSSR count). The Hall–Kier alpha value is -1.26. The lowest BCUT2D eigenvalue weighted by Crippen LogP contribution is -2.06. The molecule has 1 aromatic rings. The normalized spacial score (nSPS) is 12.8. The van der Waals surface area contributed by atoms with Crippen LogP contribution in [-0.4, -0.2) is 21.9 Å². The van der Waals surface area contributed by atoms with Crippen LogP contribution in [0.1, 0.15) is 18.1 Å². The summed E-state index contributed by atoms with van der Waals surface area (Å²) in [5.41, 5.74) is 5.65. The molecule has 0 aliphatic carbocycles. The fourth-order valence-electron chi connectivity index (χ4n) is 1.13. The fraction of sp³-hybridized carbons (Fsp3) is 0.333. The van der Waals surface area contributed by atoms with E-state index in [1.165, 1.54) is 18.2 Å². The Morgan fingerprint density at radius 2 is 2.00 bits per heavy atom. The van der Waals surface area contributed by atoms with Gasteiger partial charge in [0, 0.05) is 11.6 Å². The predicted molar refractivity (Wildman–Crippen MR) is 48.4 cm³/mol. The second-order valence-corrected chi connectivity index (χ2v) is 2.84. The smallest absolute Gasteiger partial charge is 0.125 e. The first-order valence-electron chi connectivity index (χ1n) is 4.05. The quantitative estimate of drug-likeness (QED) is 0.549. The number of phenols is 2. The van der Waals surface area contributed by atoms with Crippen LogP contribution >= 0.6 is 0 Å². The molecule has 72 valence electrons. The molecule has 5 N–H and O–H groups in total. The van der Waals surface area contributed by atoms with E-state index >= 15 is 0 Å². The van der Waals surface area contributed by atoms with Crippen LogP contribution in [0.4, 0.5) is 0 Å². The summed E-state index contributed by atoms with van der Waals surface area (Å²) in [4.78, 5) is 0. The molecule has 0 aromatic heterocycles. The van der Waals surface area contributed by atoms with Gasteiger partial charge in [-0.15, -0.1) is 0 Å². The summed E-state index contributed by atoms with van der Waals surface area (Å²) in [6, 6.07) is 4.08. The van der Waals surface area contributed by atoms with Crippen LogP contribution < -0.4 is 5.73 Å². The van der Waals surface area contributed by atoms with Crippen LogP contribution in [0.15, 0.2) is 18.2 Å². The Bertz CT molecular complexity index is 288. The number of hydrogen-bond acceptors (Lipinski definition) is 4. The van der Waals surface area contributed by atoms with E-state index in [0.29, 0.717) is 18.5 Å². The number of rotatable bonds is 3. The first-order valence-corrected chi connectivity index (χ1v) is 4.05. The highest BCUT2D eigenvalue weighted by Crippen LogP contribution is 2.28. The molecule has 1 aromatic carbocycles. The lowest BCUT2D eigenvalue weighted by molar-refractivity contribution is 0.166. The second-order valence-electron chi connectivity index (χ2n) is 2.84. The molecule has 4 heteroatoms. The van der Waals surface area contributed by atoms with Crippen LogP contribution in [0.3, 0.4) is 0 Å². The van der Waals surface area contributed by atoms with Crippen LogP contribution in [0.25, 0.3) is 0 Å². The number of aliphatic hydroxyl groups is 1. The van der Waals surface area contributed by atoms with Gasteiger partial charge in [-0.05, 0) is 25.1 Å². The zero-order valence-corrected chi connectivity index (χ0v) is 7.14. The van der Waals surface area contributed by atoms with E-state index in [0.717, 1.165) is 0 Å². The van der Waals surface area contributed by atoms with Gasteiger partial charge in [-0.1, -0.05) is 0 Å². The summed E-state index contributed by atoms with van der Waals surface area (Å²) >= 11 is 0. The molecule has 0 amide bonds. The SMILES string of the molecule is NCCC(O)c1ccc(O)cc1O. The van der Waals surface area contributed by atoms with Crippen molar-refractivity contribution in [3.05, 3.63) is 23.8 Å². The highest BCUT2D eigenvalue weighted by molar-refractivity contribution is 5.40. The largest absolute Gasteiger partial charge is 0.508 e. The maximum absolute atomic E-state index is 9.47. The van der Waals surface area contributed by atoms with Crippen LogP contribution in [0, 0.1) is 0 Å². The van der Waals surface area contributed by atoms with Crippen LogP contribution in [-0.2, 0) is 0 Å². The monoisotopic (exact) mass is 183 g/mol. The highest BCUT2D eigenvalue weighted by atomic mass is 16.3. The van der Waals surface area contributed by atoms with E-state index < -0.39 is 6.10 Å². The third-order valence-corrected chi connectivity index (χ3v) is 1.81. The number of phenolic OH excluding ortho intramolecular Hbond substituents is 2. The number of aliphatic hydroxyl groups excluding tert-OH is 1. The van der Waals surface area contributed by atoms with Gasteiger partial charge in [-0.2, -0.15) is 0 Å². The Balaban J connectivity index is 2.88. The van der Waals surface area contributed by atoms with Gasteiger partial charge in [-0.25, -0.2) is 0 Å². The molecular weight excluding hydrogens is 170 g/mol. The van der Waals surface area contributed by atoms with Crippen molar-refractivity contribution in [3.8, 4) is 11.5 Å². The van der Waals surface area contributed by atoms with Crippen molar-refractivity contribution in [3.63, 3.8) is 0 Å². The van der Waals surface area contributed by atoms with Gasteiger partial charge in [0.25, 0.3) is 0 Å². The van der Waals surface area contributed by atoms with Crippen molar-refractivity contribution < 1.29 is 15.3 Å². The first kappa shape index (κ1) is 9.83. The summed E-state index contributed by atoms with van der Waals surface area (Å²) in [6.45, 7) is 0.349. The summed E-state index contributed by atoms with van der Waals surface area (Å²) in [5, 5.41) is 27.8. The van der Waals surface area contributed by atoms with E-state index in [4.69, 9.17) is 10.8 Å². The maximum Gasteiger partial charge on any atom is 0.125 e. The highest BCUT2D eigenvalue weighted by Gasteiger charge is 2.11. The molecule has 0 saturated carbocycles. The maximum atomic E-state index is 9.47. The molecule has 0 aliphatic rings. The molecule has 1 unspecified atom stereocenters. The van der Waals surface area contributed by atoms with Gasteiger partial charge in [0.15, 0.2) is 0 Å². The standard InChI is InChI=1S/C9H13NO3/c10-4-3-8(12)7-2-1-6(11)5-9(7)13/h1-2,5,8,11-13H,3-4,10H2. The number of benzene rings is 1. The van der Waals surface area contributed by atoms with Crippen LogP contribution in [0.2, 0.25) is 0 Å². The second kappa shape index (κ2) is 4.11.